The molecule has 0 unspecified atom stereocenters. The summed E-state index contributed by atoms with van der Waals surface area (Å²) in [6.45, 7) is 6.14. The molecule has 5 heteroatoms. The zero-order valence-electron chi connectivity index (χ0n) is 8.92. The van der Waals surface area contributed by atoms with E-state index in [4.69, 9.17) is 28.9 Å². The summed E-state index contributed by atoms with van der Waals surface area (Å²) in [6.07, 6.45) is 3.13. The summed E-state index contributed by atoms with van der Waals surface area (Å²) >= 11 is 12.0. The van der Waals surface area contributed by atoms with Gasteiger partial charge in [-0.15, -0.1) is 12.4 Å². The Morgan fingerprint density at radius 2 is 1.60 bits per heavy atom. The van der Waals surface area contributed by atoms with Gasteiger partial charge in [0.2, 0.25) is 0 Å². The van der Waals surface area contributed by atoms with Gasteiger partial charge in [-0.1, -0.05) is 44.0 Å². The molecule has 0 radical (unpaired) electrons. The van der Waals surface area contributed by atoms with E-state index in [1.165, 1.54) is 0 Å². The van der Waals surface area contributed by atoms with E-state index in [9.17, 15) is 0 Å². The van der Waals surface area contributed by atoms with Crippen molar-refractivity contribution in [2.24, 2.45) is 11.1 Å². The van der Waals surface area contributed by atoms with Crippen LogP contribution in [-0.4, -0.2) is 4.98 Å². The van der Waals surface area contributed by atoms with Crippen LogP contribution in [0.25, 0.3) is 0 Å². The Balaban J connectivity index is 0.00000196. The molecule has 0 amide bonds. The van der Waals surface area contributed by atoms with Gasteiger partial charge in [-0.25, -0.2) is 0 Å². The SMILES string of the molecule is CC(C)(C)[C@@H](N)c1c(Cl)cncc1Cl.Cl. The molecular weight excluding hydrogens is 254 g/mol. The standard InChI is InChI=1S/C10H14Cl2N2.ClH/c1-10(2,3)9(13)8-6(11)4-14-5-7(8)12;/h4-5,9H,13H2,1-3H3;1H/t9-;/m0./s1. The van der Waals surface area contributed by atoms with Gasteiger partial charge < -0.3 is 5.73 Å². The fraction of sp³-hybridized carbons (Fsp3) is 0.500. The third kappa shape index (κ3) is 3.49. The Bertz CT molecular complexity index is 314. The summed E-state index contributed by atoms with van der Waals surface area (Å²) < 4.78 is 0. The lowest BCUT2D eigenvalue weighted by Crippen LogP contribution is -2.26. The predicted octanol–water partition coefficient (Wildman–Crippen LogP) is 3.86. The molecule has 0 fully saturated rings. The summed E-state index contributed by atoms with van der Waals surface area (Å²) in [5, 5.41) is 1.06. The summed E-state index contributed by atoms with van der Waals surface area (Å²) in [5.41, 5.74) is 6.78. The van der Waals surface area contributed by atoms with Gasteiger partial charge in [0.15, 0.2) is 0 Å². The Labute approximate surface area is 107 Å². The topological polar surface area (TPSA) is 38.9 Å². The quantitative estimate of drug-likeness (QED) is 0.841. The molecule has 0 aliphatic heterocycles. The number of nitrogens with two attached hydrogens (primary N) is 1. The maximum absolute atomic E-state index is 6.08. The third-order valence-electron chi connectivity index (χ3n) is 2.13. The van der Waals surface area contributed by atoms with Crippen LogP contribution in [0.2, 0.25) is 10.0 Å². The van der Waals surface area contributed by atoms with Crippen LogP contribution in [-0.2, 0) is 0 Å². The van der Waals surface area contributed by atoms with Crippen molar-refractivity contribution in [2.45, 2.75) is 26.8 Å². The molecule has 0 saturated heterocycles. The second-order valence-electron chi connectivity index (χ2n) is 4.36. The Hall–Kier alpha value is -0.0200. The van der Waals surface area contributed by atoms with Crippen LogP contribution in [0.4, 0.5) is 0 Å². The molecule has 0 aliphatic carbocycles. The van der Waals surface area contributed by atoms with E-state index in [2.05, 4.69) is 4.98 Å². The van der Waals surface area contributed by atoms with Crippen LogP contribution < -0.4 is 5.73 Å². The smallest absolute Gasteiger partial charge is 0.0652 e. The highest BCUT2D eigenvalue weighted by molar-refractivity contribution is 6.35. The summed E-state index contributed by atoms with van der Waals surface area (Å²) in [7, 11) is 0. The summed E-state index contributed by atoms with van der Waals surface area (Å²) in [5.74, 6) is 0. The van der Waals surface area contributed by atoms with E-state index in [0.717, 1.165) is 5.56 Å². The molecule has 0 aliphatic rings. The average Bonchev–Trinajstić information content (AvgIpc) is 2.01. The van der Waals surface area contributed by atoms with Gasteiger partial charge in [0.25, 0.3) is 0 Å². The first-order chi connectivity index (χ1) is 6.34. The van der Waals surface area contributed by atoms with Crippen LogP contribution in [0, 0.1) is 5.41 Å². The van der Waals surface area contributed by atoms with Gasteiger partial charge in [0, 0.05) is 24.0 Å². The lowest BCUT2D eigenvalue weighted by atomic mass is 9.83. The highest BCUT2D eigenvalue weighted by Gasteiger charge is 2.26. The van der Waals surface area contributed by atoms with Gasteiger partial charge in [0.05, 0.1) is 10.0 Å². The number of halogens is 3. The summed E-state index contributed by atoms with van der Waals surface area (Å²) in [4.78, 5) is 3.89. The Morgan fingerprint density at radius 3 is 1.93 bits per heavy atom. The molecule has 1 aromatic rings. The molecule has 1 heterocycles. The van der Waals surface area contributed by atoms with E-state index >= 15 is 0 Å². The minimum absolute atomic E-state index is 0. The number of hydrogen-bond donors (Lipinski definition) is 1. The largest absolute Gasteiger partial charge is 0.323 e. The zero-order valence-corrected chi connectivity index (χ0v) is 11.2. The minimum Gasteiger partial charge on any atom is -0.323 e. The number of hydrogen-bond acceptors (Lipinski definition) is 2. The van der Waals surface area contributed by atoms with Gasteiger partial charge in [-0.05, 0) is 5.41 Å². The van der Waals surface area contributed by atoms with Gasteiger partial charge in [-0.3, -0.25) is 4.98 Å². The van der Waals surface area contributed by atoms with Crippen molar-refractivity contribution in [2.75, 3.05) is 0 Å². The van der Waals surface area contributed by atoms with Gasteiger partial charge in [-0.2, -0.15) is 0 Å². The van der Waals surface area contributed by atoms with Crippen LogP contribution in [0.3, 0.4) is 0 Å². The first kappa shape index (κ1) is 15.0. The van der Waals surface area contributed by atoms with Crippen molar-refractivity contribution in [1.29, 1.82) is 0 Å². The highest BCUT2D eigenvalue weighted by Crippen LogP contribution is 2.37. The van der Waals surface area contributed by atoms with Crippen LogP contribution in [0.15, 0.2) is 12.4 Å². The normalized spacial score (nSPS) is 13.2. The maximum Gasteiger partial charge on any atom is 0.0652 e. The van der Waals surface area contributed by atoms with Crippen molar-refractivity contribution >= 4 is 35.6 Å². The van der Waals surface area contributed by atoms with Crippen LogP contribution in [0.5, 0.6) is 0 Å². The first-order valence-electron chi connectivity index (χ1n) is 4.38. The van der Waals surface area contributed by atoms with E-state index in [-0.39, 0.29) is 23.9 Å². The van der Waals surface area contributed by atoms with E-state index in [1.807, 2.05) is 20.8 Å². The minimum atomic E-state index is -0.189. The molecule has 86 valence electrons. The van der Waals surface area contributed by atoms with Crippen molar-refractivity contribution in [3.63, 3.8) is 0 Å². The lowest BCUT2D eigenvalue weighted by Gasteiger charge is -2.28. The number of rotatable bonds is 1. The molecule has 15 heavy (non-hydrogen) atoms. The third-order valence-corrected chi connectivity index (χ3v) is 2.74. The van der Waals surface area contributed by atoms with Gasteiger partial charge >= 0.3 is 0 Å². The molecule has 1 atom stereocenters. The van der Waals surface area contributed by atoms with Crippen molar-refractivity contribution in [3.05, 3.63) is 28.0 Å². The molecule has 0 aromatic carbocycles. The molecule has 2 N–H and O–H groups in total. The number of aromatic nitrogens is 1. The fourth-order valence-electron chi connectivity index (χ4n) is 1.15. The molecule has 0 saturated carbocycles. The number of pyridine rings is 1. The second-order valence-corrected chi connectivity index (χ2v) is 5.17. The molecular formula is C10H15Cl3N2. The average molecular weight is 270 g/mol. The zero-order chi connectivity index (χ0) is 10.9. The fourth-order valence-corrected chi connectivity index (χ4v) is 1.75. The lowest BCUT2D eigenvalue weighted by molar-refractivity contribution is 0.327. The van der Waals surface area contributed by atoms with Crippen LogP contribution >= 0.6 is 35.6 Å². The van der Waals surface area contributed by atoms with Crippen LogP contribution in [0.1, 0.15) is 32.4 Å². The highest BCUT2D eigenvalue weighted by atomic mass is 35.5. The van der Waals surface area contributed by atoms with E-state index in [0.29, 0.717) is 10.0 Å². The van der Waals surface area contributed by atoms with Crippen molar-refractivity contribution in [3.8, 4) is 0 Å². The Kier molecular flexibility index (Phi) is 5.34. The molecule has 0 spiro atoms. The predicted molar refractivity (Wildman–Crippen MR) is 67.9 cm³/mol. The molecule has 1 rings (SSSR count). The molecule has 1 aromatic heterocycles. The van der Waals surface area contributed by atoms with Gasteiger partial charge in [0.1, 0.15) is 0 Å². The van der Waals surface area contributed by atoms with E-state index in [1.54, 1.807) is 12.4 Å². The summed E-state index contributed by atoms with van der Waals surface area (Å²) in [6, 6.07) is -0.189. The number of nitrogens with zero attached hydrogens (tertiary/aromatic N) is 1. The molecule has 2 nitrogen and oxygen atoms in total. The maximum atomic E-state index is 6.08. The van der Waals surface area contributed by atoms with Crippen molar-refractivity contribution < 1.29 is 0 Å². The first-order valence-corrected chi connectivity index (χ1v) is 5.14. The van der Waals surface area contributed by atoms with E-state index < -0.39 is 0 Å². The monoisotopic (exact) mass is 268 g/mol. The Morgan fingerprint density at radius 1 is 1.20 bits per heavy atom. The van der Waals surface area contributed by atoms with Crippen molar-refractivity contribution in [1.82, 2.24) is 4.98 Å². The molecule has 0 bridgehead atoms. The second kappa shape index (κ2) is 5.35.